The van der Waals surface area contributed by atoms with Gasteiger partial charge < -0.3 is 59.8 Å². The number of aliphatic hydroxyl groups excluding tert-OH is 2. The number of aliphatic hydroxyl groups is 3. The Labute approximate surface area is 381 Å². The Morgan fingerprint density at radius 1 is 1.05 bits per heavy atom. The van der Waals surface area contributed by atoms with Gasteiger partial charge in [-0.1, -0.05) is 68.3 Å². The van der Waals surface area contributed by atoms with Crippen molar-refractivity contribution in [3.05, 3.63) is 57.1 Å². The molecule has 6 rings (SSSR count). The van der Waals surface area contributed by atoms with Crippen molar-refractivity contribution in [3.8, 4) is 0 Å². The molecule has 354 valence electrons. The number of amides is 3. The van der Waals surface area contributed by atoms with E-state index >= 15 is 0 Å². The summed E-state index contributed by atoms with van der Waals surface area (Å²) >= 11 is 12.5. The number of Topliss-reactive ketones (excluding diaryl/α,β-unsaturated/α-hetero) is 1. The highest BCUT2D eigenvalue weighted by Gasteiger charge is 2.59. The van der Waals surface area contributed by atoms with Crippen LogP contribution in [0.2, 0.25) is 10.0 Å². The lowest BCUT2D eigenvalue weighted by molar-refractivity contribution is -0.296. The standard InChI is InChI=1S/C44H60Cl2N4O14/c1-16(2)33-35(53)29(41(56)50(33)42-38(59-10)37(62-23(9)51)36(20(6)61-42)64-43(47)57)34(52)28-18(4)11-13-24-25(14-12-17(3)27(24)28)63-26-15-44(58,39(54)21(7)60-26)22(8)49-40(55)32-31(46)30(45)19(5)48-32/h11,13,16,18,20-22,24-28,33,36-39,42,48,52,54,58H,3,12,14-15H2,1-2,4-10H3,(H2,47,57)(H,49,55)/b34-29-/t18-,20-,21+,22-,24-,25+,26-,27-,28-,33-,36+,37+,38+,39+,42+,44+/m0/s1. The number of hydrogen-bond acceptors (Lipinski definition) is 14. The first-order valence-electron chi connectivity index (χ1n) is 21.5. The smallest absolute Gasteiger partial charge is 0.405 e. The average molecular weight is 940 g/mol. The molecule has 0 bridgehead atoms. The number of nitrogens with zero attached hydrogens (tertiary/aromatic N) is 1. The van der Waals surface area contributed by atoms with Crippen molar-refractivity contribution in [3.63, 3.8) is 0 Å². The van der Waals surface area contributed by atoms with Gasteiger partial charge >= 0.3 is 12.1 Å². The maximum Gasteiger partial charge on any atom is 0.405 e. The zero-order valence-corrected chi connectivity index (χ0v) is 38.8. The van der Waals surface area contributed by atoms with E-state index in [-0.39, 0.29) is 22.2 Å². The summed E-state index contributed by atoms with van der Waals surface area (Å²) in [7, 11) is 1.29. The van der Waals surface area contributed by atoms with E-state index in [2.05, 4.69) is 16.9 Å². The summed E-state index contributed by atoms with van der Waals surface area (Å²) in [5, 5.41) is 38.6. The number of allylic oxidation sites excluding steroid dienone is 3. The van der Waals surface area contributed by atoms with Crippen LogP contribution in [-0.2, 0) is 42.8 Å². The quantitative estimate of drug-likeness (QED) is 0.0599. The molecule has 0 radical (unpaired) electrons. The second-order valence-corrected chi connectivity index (χ2v) is 18.8. The van der Waals surface area contributed by atoms with Crippen LogP contribution in [-0.4, -0.2) is 135 Å². The average Bonchev–Trinajstić information content (AvgIpc) is 3.63. The lowest BCUT2D eigenvalue weighted by Crippen LogP contribution is -2.66. The van der Waals surface area contributed by atoms with Crippen LogP contribution in [0.1, 0.15) is 83.9 Å². The SMILES string of the molecule is C=C1CC[C@@H](O[C@H]2C[C@@](O)([C@H](C)NC(=O)c3[nH]c(C)c(Cl)c3Cl)[C@H](O)[C@@H](C)O2)[C@@H]2C=C[C@H](C)[C@H](/C(O)=C3\C(=O)[C@H](C(C)C)N([C@@H]4O[C@@H](C)[C@@H](OC(N)=O)[C@@H](OC(C)=O)[C@H]4OC)C3=O)[C@@H]12. The maximum absolute atomic E-state index is 14.8. The van der Waals surface area contributed by atoms with Crippen LogP contribution in [0.3, 0.4) is 0 Å². The fraction of sp³-hybridized carbons (Fsp3) is 0.659. The first kappa shape index (κ1) is 49.4. The van der Waals surface area contributed by atoms with Crippen LogP contribution < -0.4 is 11.1 Å². The Hall–Kier alpha value is -4.01. The highest BCUT2D eigenvalue weighted by Crippen LogP contribution is 2.51. The number of methoxy groups -OCH3 is 1. The third-order valence-corrected chi connectivity index (χ3v) is 14.4. The summed E-state index contributed by atoms with van der Waals surface area (Å²) in [5.41, 5.74) is 4.24. The third-order valence-electron chi connectivity index (χ3n) is 13.5. The summed E-state index contributed by atoms with van der Waals surface area (Å²) in [4.78, 5) is 70.8. The molecular weight excluding hydrogens is 879 g/mol. The van der Waals surface area contributed by atoms with Gasteiger partial charge in [-0.15, -0.1) is 0 Å². The summed E-state index contributed by atoms with van der Waals surface area (Å²) in [6.07, 6.45) is -6.73. The Balaban J connectivity index is 1.27. The minimum absolute atomic E-state index is 0.00400. The second kappa shape index (κ2) is 19.1. The van der Waals surface area contributed by atoms with Gasteiger partial charge in [0.1, 0.15) is 40.9 Å². The van der Waals surface area contributed by atoms with Crippen molar-refractivity contribution >= 4 is 52.9 Å². The number of ketones is 1. The van der Waals surface area contributed by atoms with Crippen LogP contribution in [0.15, 0.2) is 35.6 Å². The van der Waals surface area contributed by atoms with Crippen molar-refractivity contribution in [1.29, 1.82) is 0 Å². The molecule has 64 heavy (non-hydrogen) atoms. The molecule has 1 aromatic heterocycles. The summed E-state index contributed by atoms with van der Waals surface area (Å²) in [6.45, 7) is 17.2. The predicted molar refractivity (Wildman–Crippen MR) is 230 cm³/mol. The van der Waals surface area contributed by atoms with E-state index in [4.69, 9.17) is 57.4 Å². The maximum atomic E-state index is 14.8. The molecule has 16 atom stereocenters. The molecule has 18 nitrogen and oxygen atoms in total. The minimum Gasteiger partial charge on any atom is -0.511 e. The number of aromatic nitrogens is 1. The lowest BCUT2D eigenvalue weighted by atomic mass is 9.61. The third kappa shape index (κ3) is 8.96. The number of fused-ring (bicyclic) bond motifs is 1. The van der Waals surface area contributed by atoms with Gasteiger partial charge in [-0.3, -0.25) is 24.1 Å². The molecule has 3 aliphatic heterocycles. The van der Waals surface area contributed by atoms with Crippen LogP contribution in [0, 0.1) is 36.5 Å². The van der Waals surface area contributed by atoms with Crippen molar-refractivity contribution in [2.45, 2.75) is 148 Å². The van der Waals surface area contributed by atoms with Crippen LogP contribution in [0.25, 0.3) is 0 Å². The number of nitrogens with one attached hydrogen (secondary N) is 2. The van der Waals surface area contributed by atoms with Crippen LogP contribution >= 0.6 is 23.2 Å². The van der Waals surface area contributed by atoms with Gasteiger partial charge in [0, 0.05) is 38.0 Å². The van der Waals surface area contributed by atoms with E-state index in [0.717, 1.165) is 12.5 Å². The molecule has 3 saturated heterocycles. The first-order chi connectivity index (χ1) is 29.9. The van der Waals surface area contributed by atoms with E-state index in [0.29, 0.717) is 18.5 Å². The van der Waals surface area contributed by atoms with E-state index in [1.54, 1.807) is 34.6 Å². The second-order valence-electron chi connectivity index (χ2n) is 18.0. The normalized spacial score (nSPS) is 37.9. The molecule has 0 spiro atoms. The molecule has 7 N–H and O–H groups in total. The number of hydrogen-bond donors (Lipinski definition) is 6. The molecule has 5 aliphatic rings. The monoisotopic (exact) mass is 938 g/mol. The van der Waals surface area contributed by atoms with Gasteiger partial charge in [-0.2, -0.15) is 0 Å². The zero-order valence-electron chi connectivity index (χ0n) is 37.3. The number of carbonyl (C=O) groups excluding carboxylic acids is 5. The number of H-pyrrole nitrogens is 1. The summed E-state index contributed by atoms with van der Waals surface area (Å²) in [6, 6.07) is -2.17. The fourth-order valence-corrected chi connectivity index (χ4v) is 10.7. The molecule has 4 fully saturated rings. The molecule has 0 unspecified atom stereocenters. The fourth-order valence-electron chi connectivity index (χ4n) is 10.3. The number of carbonyl (C=O) groups is 5. The zero-order chi connectivity index (χ0) is 47.4. The van der Waals surface area contributed by atoms with E-state index < -0.39 is 144 Å². The number of aryl methyl sites for hydroxylation is 1. The number of nitrogens with two attached hydrogens (primary N) is 1. The van der Waals surface area contributed by atoms with Crippen LogP contribution in [0.4, 0.5) is 4.79 Å². The van der Waals surface area contributed by atoms with Gasteiger partial charge in [0.15, 0.2) is 30.5 Å². The van der Waals surface area contributed by atoms with Crippen molar-refractivity contribution < 1.29 is 67.7 Å². The number of aromatic amines is 1. The number of primary amides is 1. The summed E-state index contributed by atoms with van der Waals surface area (Å²) in [5.74, 6) is -5.95. The van der Waals surface area contributed by atoms with E-state index in [9.17, 15) is 39.3 Å². The van der Waals surface area contributed by atoms with Gasteiger partial charge in [-0.05, 0) is 58.3 Å². The molecule has 20 heteroatoms. The highest BCUT2D eigenvalue weighted by atomic mass is 35.5. The molecule has 4 heterocycles. The Morgan fingerprint density at radius 2 is 1.72 bits per heavy atom. The first-order valence-corrected chi connectivity index (χ1v) is 22.2. The molecule has 1 aromatic rings. The van der Waals surface area contributed by atoms with Gasteiger partial charge in [0.05, 0.1) is 34.4 Å². The van der Waals surface area contributed by atoms with Gasteiger partial charge in [0.2, 0.25) is 0 Å². The molecule has 2 aliphatic carbocycles. The van der Waals surface area contributed by atoms with Crippen molar-refractivity contribution in [2.24, 2.45) is 35.3 Å². The number of likely N-dealkylation sites (tertiary alicyclic amines) is 1. The van der Waals surface area contributed by atoms with E-state index in [1.165, 1.54) is 18.9 Å². The largest absolute Gasteiger partial charge is 0.511 e. The number of ether oxygens (including phenoxy) is 6. The van der Waals surface area contributed by atoms with Gasteiger partial charge in [0.25, 0.3) is 11.8 Å². The number of esters is 1. The van der Waals surface area contributed by atoms with Gasteiger partial charge in [-0.25, -0.2) is 4.79 Å². The topological polar surface area (TPSA) is 258 Å². The van der Waals surface area contributed by atoms with Crippen molar-refractivity contribution in [2.75, 3.05) is 7.11 Å². The molecular formula is C44H60Cl2N4O14. The number of rotatable bonds is 11. The Morgan fingerprint density at radius 3 is 2.30 bits per heavy atom. The van der Waals surface area contributed by atoms with E-state index in [1.807, 2.05) is 19.1 Å². The van der Waals surface area contributed by atoms with Crippen LogP contribution in [0.5, 0.6) is 0 Å². The number of halogens is 2. The Kier molecular flexibility index (Phi) is 14.7. The summed E-state index contributed by atoms with van der Waals surface area (Å²) < 4.78 is 35.6. The lowest BCUT2D eigenvalue weighted by Gasteiger charge is -2.50. The Bertz CT molecular complexity index is 2090. The molecule has 0 aromatic carbocycles. The molecule has 1 saturated carbocycles. The van der Waals surface area contributed by atoms with Crippen molar-refractivity contribution in [1.82, 2.24) is 15.2 Å². The minimum atomic E-state index is -1.92. The molecule has 3 amide bonds. The highest BCUT2D eigenvalue weighted by molar-refractivity contribution is 6.44. The predicted octanol–water partition coefficient (Wildman–Crippen LogP) is 4.17.